The lowest BCUT2D eigenvalue weighted by Crippen LogP contribution is -2.73. The van der Waals surface area contributed by atoms with Crippen LogP contribution < -0.4 is 0 Å². The van der Waals surface area contributed by atoms with E-state index in [0.717, 1.165) is 0 Å². The van der Waals surface area contributed by atoms with E-state index < -0.39 is 195 Å². The normalized spacial score (nSPS) is 45.7. The van der Waals surface area contributed by atoms with Gasteiger partial charge in [0.2, 0.25) is 0 Å². The monoisotopic (exact) mass is 1250 g/mol. The van der Waals surface area contributed by atoms with Gasteiger partial charge >= 0.3 is 7.32 Å². The summed E-state index contributed by atoms with van der Waals surface area (Å²) in [5.74, 6) is -2.16. The summed E-state index contributed by atoms with van der Waals surface area (Å²) in [5.41, 5.74) is -1.56. The van der Waals surface area contributed by atoms with Crippen LogP contribution in [0, 0.1) is 30.8 Å². The quantitative estimate of drug-likeness (QED) is 0.0177. The second kappa shape index (κ2) is 29.0. The smallest absolute Gasteiger partial charge is 0.400 e. The Morgan fingerprint density at radius 1 is 0.721 bits per heavy atom. The fraction of sp³-hybridized carbons (Fsp3) is 0.893. The molecular weight excluding hydrogens is 1160 g/mol. The Hall–Kier alpha value is -1.23. The van der Waals surface area contributed by atoms with Crippen LogP contribution in [-0.2, 0) is 60.6 Å². The zero-order valence-electron chi connectivity index (χ0n) is 49.1. The summed E-state index contributed by atoms with van der Waals surface area (Å²) in [4.78, 5) is 3.92. The van der Waals surface area contributed by atoms with Crippen LogP contribution in [-0.4, -0.2) is 273 Å². The number of hydrogen-bond acceptors (Lipinski definition) is 29. The summed E-state index contributed by atoms with van der Waals surface area (Å²) in [7, 11) is -2.14. The lowest BCUT2D eigenvalue weighted by Gasteiger charge is -2.60. The highest BCUT2D eigenvalue weighted by Crippen LogP contribution is 2.51. The predicted octanol–water partition coefficient (Wildman–Crippen LogP) is -1.77. The fourth-order valence-electron chi connectivity index (χ4n) is 14.9. The standard InChI is InChI=1S/C56H91BO28S/c1-22(12-13-58)25(4)27(59)15-24(3)41(64)32(82-57(70)84-71)11-10-23(2)40(63)26(5)47-43(66)44(67)53-49(78-47)30(62)20-55(6)39(77-53)19-34-38(81-55)21-56(7)54(76-34)46(69)51-37(80-56)17-29(61)48(79-51)42(65)28(60)16-35-52(83-86-85-72)45(68)50-36(74-35)18-33-31(75-50)9-8-14-73-33/h8,12,14,23-24,26-54,58-72H,4,9-11,13,15-21H2,1-3,5-7H3/b22-12+/t23?,24-,26?,27?,28?,29?,30?,31?,32-,33-,34-,35-,36+,37?,38?,39+,40+,41?,42?,43?,44?,45+,46-,47?,48-,49?,50?,51+,52-,53?,54+,55?,56?/m0/s1. The van der Waals surface area contributed by atoms with Gasteiger partial charge < -0.3 is 114 Å². The summed E-state index contributed by atoms with van der Waals surface area (Å²) in [5, 5.41) is 165. The van der Waals surface area contributed by atoms with Crippen LogP contribution in [0.1, 0.15) is 106 Å². The summed E-state index contributed by atoms with van der Waals surface area (Å²) in [6.07, 6.45) is -28.3. The molecule has 30 heteroatoms. The third kappa shape index (κ3) is 14.4. The van der Waals surface area contributed by atoms with Crippen molar-refractivity contribution in [3.05, 3.63) is 36.8 Å². The lowest BCUT2D eigenvalue weighted by atomic mass is 9.74. The van der Waals surface area contributed by atoms with E-state index in [1.807, 2.05) is 0 Å². The Balaban J connectivity index is 0.812. The number of rotatable bonds is 23. The fourth-order valence-corrected chi connectivity index (χ4v) is 15.3. The minimum Gasteiger partial charge on any atom is -0.400 e. The highest BCUT2D eigenvalue weighted by Gasteiger charge is 2.65. The van der Waals surface area contributed by atoms with Crippen molar-refractivity contribution in [3.63, 3.8) is 0 Å². The van der Waals surface area contributed by atoms with E-state index in [-0.39, 0.29) is 82.5 Å². The van der Waals surface area contributed by atoms with Crippen molar-refractivity contribution in [2.24, 2.45) is 17.8 Å². The molecule has 0 aliphatic carbocycles. The molecule has 0 aromatic rings. The van der Waals surface area contributed by atoms with Gasteiger partial charge in [-0.15, -0.1) is 4.33 Å². The van der Waals surface area contributed by atoms with Gasteiger partial charge in [0.05, 0.1) is 122 Å². The molecule has 9 heterocycles. The summed E-state index contributed by atoms with van der Waals surface area (Å²) < 4.78 is 72.7. The van der Waals surface area contributed by atoms with Crippen LogP contribution in [0.3, 0.4) is 0 Å². The molecule has 0 spiro atoms. The first kappa shape index (κ1) is 69.1. The van der Waals surface area contributed by atoms with E-state index in [0.29, 0.717) is 24.0 Å². The van der Waals surface area contributed by atoms with Gasteiger partial charge in [0.1, 0.15) is 73.2 Å². The van der Waals surface area contributed by atoms with Crippen molar-refractivity contribution in [3.8, 4) is 0 Å². The van der Waals surface area contributed by atoms with Crippen LogP contribution >= 0.6 is 12.3 Å². The van der Waals surface area contributed by atoms with E-state index in [1.165, 1.54) is 6.08 Å². The Labute approximate surface area is 504 Å². The van der Waals surface area contributed by atoms with E-state index >= 15 is 0 Å². The van der Waals surface area contributed by atoms with Crippen molar-refractivity contribution in [1.29, 1.82) is 0 Å². The minimum absolute atomic E-state index is 0.00347. The van der Waals surface area contributed by atoms with Crippen LogP contribution in [0.4, 0.5) is 0 Å². The van der Waals surface area contributed by atoms with E-state index in [1.54, 1.807) is 54.6 Å². The largest absolute Gasteiger partial charge is 0.665 e. The predicted molar refractivity (Wildman–Crippen MR) is 294 cm³/mol. The third-order valence-corrected chi connectivity index (χ3v) is 20.3. The number of fused-ring (bicyclic) bond motifs is 7. The van der Waals surface area contributed by atoms with E-state index in [9.17, 15) is 66.3 Å². The van der Waals surface area contributed by atoms with Crippen LogP contribution in [0.2, 0.25) is 0 Å². The van der Waals surface area contributed by atoms with Gasteiger partial charge in [-0.05, 0) is 75.9 Å². The van der Waals surface area contributed by atoms with Crippen molar-refractivity contribution in [2.75, 3.05) is 6.61 Å². The third-order valence-electron chi connectivity index (χ3n) is 19.9. The summed E-state index contributed by atoms with van der Waals surface area (Å²) in [6, 6.07) is 0. The van der Waals surface area contributed by atoms with Gasteiger partial charge in [0, 0.05) is 44.4 Å². The van der Waals surface area contributed by atoms with Crippen molar-refractivity contribution < 1.29 is 137 Å². The molecule has 33 atom stereocenters. The molecule has 0 aromatic carbocycles. The first-order valence-corrected chi connectivity index (χ1v) is 30.7. The second-order valence-corrected chi connectivity index (χ2v) is 26.4. The molecule has 9 fully saturated rings. The summed E-state index contributed by atoms with van der Waals surface area (Å²) >= 11 is 0.174. The van der Waals surface area contributed by atoms with Crippen molar-refractivity contribution in [2.45, 2.75) is 288 Å². The lowest BCUT2D eigenvalue weighted by molar-refractivity contribution is -0.371. The van der Waals surface area contributed by atoms with Gasteiger partial charge in [-0.3, -0.25) is 9.44 Å². The number of aliphatic hydroxyl groups excluding tert-OH is 12. The average Bonchev–Trinajstić information content (AvgIpc) is 1.11. The molecule has 9 rings (SSSR count). The number of ether oxygens (including phenoxy) is 9. The maximum absolute atomic E-state index is 12.2. The first-order valence-electron chi connectivity index (χ1n) is 30.0. The zero-order chi connectivity index (χ0) is 62.4. The Bertz CT molecular complexity index is 2230. The van der Waals surface area contributed by atoms with E-state index in [4.69, 9.17) is 62.0 Å². The Morgan fingerprint density at radius 2 is 1.43 bits per heavy atom. The van der Waals surface area contributed by atoms with Crippen molar-refractivity contribution in [1.82, 2.24) is 0 Å². The molecule has 0 bridgehead atoms. The average molecular weight is 1260 g/mol. The first-order chi connectivity index (χ1) is 40.7. The second-order valence-electron chi connectivity index (χ2n) is 25.9. The maximum Gasteiger partial charge on any atom is 0.665 e. The molecule has 19 unspecified atom stereocenters. The van der Waals surface area contributed by atoms with Crippen molar-refractivity contribution >= 4 is 19.6 Å². The molecule has 9 saturated heterocycles. The van der Waals surface area contributed by atoms with Gasteiger partial charge in [-0.1, -0.05) is 33.4 Å². The van der Waals surface area contributed by atoms with Crippen LogP contribution in [0.25, 0.3) is 0 Å². The molecule has 0 aromatic heterocycles. The van der Waals surface area contributed by atoms with Crippen LogP contribution in [0.5, 0.6) is 0 Å². The molecule has 9 aliphatic rings. The van der Waals surface area contributed by atoms with Gasteiger partial charge in [-0.2, -0.15) is 0 Å². The number of aliphatic hydroxyl groups is 12. The Kier molecular flexibility index (Phi) is 23.3. The molecule has 492 valence electrons. The molecule has 0 saturated carbocycles. The summed E-state index contributed by atoms with van der Waals surface area (Å²) in [6.45, 7) is 15.3. The van der Waals surface area contributed by atoms with Gasteiger partial charge in [-0.25, -0.2) is 10.1 Å². The van der Waals surface area contributed by atoms with E-state index in [2.05, 4.69) is 15.7 Å². The maximum atomic E-state index is 12.2. The molecule has 2 radical (unpaired) electrons. The molecule has 86 heavy (non-hydrogen) atoms. The van der Waals surface area contributed by atoms with Crippen LogP contribution in [0.15, 0.2) is 23.8 Å². The Morgan fingerprint density at radius 3 is 2.14 bits per heavy atom. The SMILES string of the molecule is C=C(/C(C)=C/CO)C(O)C[C@H](C)C(O)[C@H](CCC(C)[C@@H](O)C(C)C1OC2C(O)CC3(C)OC4CC5(C)OC6CC(O)[C@@H](C(O)C(O)C[C@@H]7O[C@@H]8C[C@@H]9O[CH][CH]CC9OC8[C@@H](O)[C@H]7OSOO)O[C@H]6[C@H](O)[C@H]5O[C@H]4C[C@H]3OC2C(O)C1O)OB(O)OO. The minimum atomic E-state index is -2.14. The highest BCUT2D eigenvalue weighted by molar-refractivity contribution is 7.89. The van der Waals surface area contributed by atoms with Gasteiger partial charge in [0.15, 0.2) is 12.3 Å². The highest BCUT2D eigenvalue weighted by atomic mass is 32.2. The topological polar surface area (TPSA) is 423 Å². The van der Waals surface area contributed by atoms with Gasteiger partial charge in [0.25, 0.3) is 0 Å². The molecule has 0 amide bonds. The number of hydrogen-bond donors (Lipinski definition) is 15. The molecule has 15 N–H and O–H groups in total. The molecule has 9 aliphatic heterocycles. The molecular formula is C56H91BO28S. The zero-order valence-corrected chi connectivity index (χ0v) is 49.9. The molecule has 28 nitrogen and oxygen atoms in total.